The van der Waals surface area contributed by atoms with E-state index in [9.17, 15) is 14.7 Å². The zero-order valence-corrected chi connectivity index (χ0v) is 21.4. The number of carbonyl (C=O) groups excluding carboxylic acids is 2. The molecule has 0 unspecified atom stereocenters. The van der Waals surface area contributed by atoms with Crippen molar-refractivity contribution in [3.8, 4) is 17.2 Å². The summed E-state index contributed by atoms with van der Waals surface area (Å²) in [5, 5.41) is 14.9. The molecule has 2 N–H and O–H groups in total. The Labute approximate surface area is 202 Å². The summed E-state index contributed by atoms with van der Waals surface area (Å²) in [6.45, 7) is 13.7. The van der Waals surface area contributed by atoms with Crippen LogP contribution < -0.4 is 14.9 Å². The van der Waals surface area contributed by atoms with Crippen LogP contribution in [0.4, 0.5) is 0 Å². The summed E-state index contributed by atoms with van der Waals surface area (Å²) >= 11 is 0. The number of aryl methyl sites for hydroxylation is 1. The average Bonchev–Trinajstić information content (AvgIpc) is 2.71. The van der Waals surface area contributed by atoms with Crippen LogP contribution >= 0.6 is 0 Å². The number of phenols is 1. The van der Waals surface area contributed by atoms with Crippen molar-refractivity contribution in [3.05, 3.63) is 52.6 Å². The number of nitrogens with one attached hydrogen (secondary N) is 1. The number of carbonyl (C=O) groups is 2. The molecule has 0 heterocycles. The predicted octanol–water partition coefficient (Wildman–Crippen LogP) is 5.00. The highest BCUT2D eigenvalue weighted by molar-refractivity contribution is 5.83. The molecule has 0 saturated carbocycles. The van der Waals surface area contributed by atoms with Crippen LogP contribution in [-0.2, 0) is 26.8 Å². The number of hydrogen-bond acceptors (Lipinski definition) is 6. The van der Waals surface area contributed by atoms with Crippen LogP contribution in [-0.4, -0.2) is 30.3 Å². The zero-order chi connectivity index (χ0) is 25.7. The summed E-state index contributed by atoms with van der Waals surface area (Å²) < 4.78 is 10.3. The van der Waals surface area contributed by atoms with E-state index in [1.54, 1.807) is 18.2 Å². The molecule has 0 spiro atoms. The van der Waals surface area contributed by atoms with Gasteiger partial charge in [0.15, 0.2) is 11.5 Å². The van der Waals surface area contributed by atoms with Gasteiger partial charge in [-0.1, -0.05) is 53.7 Å². The number of nitrogens with zero attached hydrogens (tertiary/aromatic N) is 1. The highest BCUT2D eigenvalue weighted by Crippen LogP contribution is 2.40. The maximum atomic E-state index is 12.4. The van der Waals surface area contributed by atoms with E-state index in [0.717, 1.165) is 16.7 Å². The van der Waals surface area contributed by atoms with E-state index < -0.39 is 5.97 Å². The Morgan fingerprint density at radius 3 is 2.09 bits per heavy atom. The third-order valence-electron chi connectivity index (χ3n) is 5.27. The second-order valence-corrected chi connectivity index (χ2v) is 10.3. The van der Waals surface area contributed by atoms with Gasteiger partial charge in [0.05, 0.1) is 13.3 Å². The zero-order valence-electron chi connectivity index (χ0n) is 21.4. The van der Waals surface area contributed by atoms with Crippen molar-refractivity contribution in [3.63, 3.8) is 0 Å². The highest BCUT2D eigenvalue weighted by Gasteiger charge is 2.26. The number of amides is 1. The maximum absolute atomic E-state index is 12.4. The van der Waals surface area contributed by atoms with Gasteiger partial charge in [0.2, 0.25) is 5.91 Å². The molecule has 0 saturated heterocycles. The monoisotopic (exact) mass is 468 g/mol. The number of esters is 1. The number of rotatable bonds is 7. The van der Waals surface area contributed by atoms with Crippen molar-refractivity contribution in [1.29, 1.82) is 0 Å². The maximum Gasteiger partial charge on any atom is 0.308 e. The summed E-state index contributed by atoms with van der Waals surface area (Å²) in [7, 11) is 1.48. The molecule has 0 aliphatic carbocycles. The van der Waals surface area contributed by atoms with E-state index in [0.29, 0.717) is 29.2 Å². The van der Waals surface area contributed by atoms with Crippen LogP contribution in [0, 0.1) is 0 Å². The minimum atomic E-state index is -0.440. The summed E-state index contributed by atoms with van der Waals surface area (Å²) in [6.07, 6.45) is 2.27. The standard InChI is InChI=1S/C27H36N2O5/c1-17(30)34-22-11-9-19(15-23(22)33-8)16-28-29-24(31)12-10-18-13-20(26(2,3)4)25(32)21(14-18)27(5,6)7/h9,11,13-16,32H,10,12H2,1-8H3,(H,29,31)/b28-16-. The molecular formula is C27H36N2O5. The molecule has 0 aromatic heterocycles. The normalized spacial score (nSPS) is 12.0. The van der Waals surface area contributed by atoms with E-state index in [1.807, 2.05) is 12.1 Å². The third-order valence-corrected chi connectivity index (χ3v) is 5.27. The average molecular weight is 469 g/mol. The van der Waals surface area contributed by atoms with Crippen LogP contribution in [0.5, 0.6) is 17.2 Å². The van der Waals surface area contributed by atoms with Crippen molar-refractivity contribution in [2.45, 2.75) is 72.1 Å². The van der Waals surface area contributed by atoms with Gasteiger partial charge < -0.3 is 14.6 Å². The molecule has 2 aromatic rings. The second-order valence-electron chi connectivity index (χ2n) is 10.3. The smallest absolute Gasteiger partial charge is 0.308 e. The highest BCUT2D eigenvalue weighted by atomic mass is 16.6. The van der Waals surface area contributed by atoms with Crippen LogP contribution in [0.3, 0.4) is 0 Å². The van der Waals surface area contributed by atoms with Crippen molar-refractivity contribution in [1.82, 2.24) is 5.43 Å². The van der Waals surface area contributed by atoms with Gasteiger partial charge in [-0.3, -0.25) is 9.59 Å². The molecule has 184 valence electrons. The Kier molecular flexibility index (Phi) is 8.48. The number of methoxy groups -OCH3 is 1. The van der Waals surface area contributed by atoms with E-state index in [2.05, 4.69) is 52.1 Å². The van der Waals surface area contributed by atoms with Gasteiger partial charge in [-0.15, -0.1) is 0 Å². The Hall–Kier alpha value is -3.35. The number of hydrazone groups is 1. The van der Waals surface area contributed by atoms with Gasteiger partial charge in [0.1, 0.15) is 5.75 Å². The minimum absolute atomic E-state index is 0.220. The van der Waals surface area contributed by atoms with E-state index in [-0.39, 0.29) is 23.2 Å². The van der Waals surface area contributed by atoms with Crippen LogP contribution in [0.1, 0.15) is 77.1 Å². The van der Waals surface area contributed by atoms with Gasteiger partial charge in [-0.25, -0.2) is 5.43 Å². The van der Waals surface area contributed by atoms with E-state index in [4.69, 9.17) is 9.47 Å². The Balaban J connectivity index is 2.08. The van der Waals surface area contributed by atoms with Gasteiger partial charge in [0.25, 0.3) is 0 Å². The summed E-state index contributed by atoms with van der Waals surface area (Å²) in [5.74, 6) is 0.372. The van der Waals surface area contributed by atoms with Crippen LogP contribution in [0.25, 0.3) is 0 Å². The summed E-state index contributed by atoms with van der Waals surface area (Å²) in [5.41, 5.74) is 5.52. The molecule has 0 aliphatic heterocycles. The number of benzene rings is 2. The third kappa shape index (κ3) is 7.33. The lowest BCUT2D eigenvalue weighted by Crippen LogP contribution is -2.20. The molecule has 0 atom stereocenters. The van der Waals surface area contributed by atoms with E-state index >= 15 is 0 Å². The lowest BCUT2D eigenvalue weighted by Gasteiger charge is -2.28. The first-order valence-electron chi connectivity index (χ1n) is 11.3. The van der Waals surface area contributed by atoms with Crippen molar-refractivity contribution >= 4 is 18.1 Å². The first-order chi connectivity index (χ1) is 15.7. The molecule has 0 bridgehead atoms. The molecule has 7 nitrogen and oxygen atoms in total. The molecule has 0 radical (unpaired) electrons. The predicted molar refractivity (Wildman–Crippen MR) is 134 cm³/mol. The SMILES string of the molecule is COc1cc(/C=N\NC(=O)CCc2cc(C(C)(C)C)c(O)c(C(C)(C)C)c2)ccc1OC(C)=O. The lowest BCUT2D eigenvalue weighted by molar-refractivity contribution is -0.132. The molecule has 34 heavy (non-hydrogen) atoms. The fraction of sp³-hybridized carbons (Fsp3) is 0.444. The first kappa shape index (κ1) is 26.9. The fourth-order valence-electron chi connectivity index (χ4n) is 3.48. The van der Waals surface area contributed by atoms with Gasteiger partial charge in [-0.2, -0.15) is 5.10 Å². The second kappa shape index (κ2) is 10.7. The molecule has 0 aliphatic rings. The van der Waals surface area contributed by atoms with Crippen molar-refractivity contribution < 1.29 is 24.2 Å². The van der Waals surface area contributed by atoms with Gasteiger partial charge >= 0.3 is 5.97 Å². The van der Waals surface area contributed by atoms with E-state index in [1.165, 1.54) is 20.2 Å². The molecule has 1 amide bonds. The van der Waals surface area contributed by atoms with Gasteiger partial charge in [-0.05, 0) is 57.7 Å². The fourth-order valence-corrected chi connectivity index (χ4v) is 3.48. The van der Waals surface area contributed by atoms with Crippen LogP contribution in [0.2, 0.25) is 0 Å². The molecule has 2 aromatic carbocycles. The molecular weight excluding hydrogens is 432 g/mol. The van der Waals surface area contributed by atoms with Crippen LogP contribution in [0.15, 0.2) is 35.4 Å². The number of ether oxygens (including phenoxy) is 2. The summed E-state index contributed by atoms with van der Waals surface area (Å²) in [6, 6.07) is 8.94. The Morgan fingerprint density at radius 2 is 1.59 bits per heavy atom. The lowest BCUT2D eigenvalue weighted by atomic mass is 9.78. The Morgan fingerprint density at radius 1 is 1.00 bits per heavy atom. The Bertz CT molecular complexity index is 1040. The quantitative estimate of drug-likeness (QED) is 0.258. The van der Waals surface area contributed by atoms with Gasteiger partial charge in [0, 0.05) is 13.3 Å². The first-order valence-corrected chi connectivity index (χ1v) is 11.3. The summed E-state index contributed by atoms with van der Waals surface area (Å²) in [4.78, 5) is 23.5. The van der Waals surface area contributed by atoms with Crippen molar-refractivity contribution in [2.24, 2.45) is 5.10 Å². The topological polar surface area (TPSA) is 97.2 Å². The number of aromatic hydroxyl groups is 1. The molecule has 2 rings (SSSR count). The molecule has 7 heteroatoms. The number of hydrogen-bond donors (Lipinski definition) is 2. The minimum Gasteiger partial charge on any atom is -0.507 e. The van der Waals surface area contributed by atoms with Crippen molar-refractivity contribution in [2.75, 3.05) is 7.11 Å². The number of phenolic OH excluding ortho intramolecular Hbond substituents is 1. The molecule has 0 fully saturated rings. The largest absolute Gasteiger partial charge is 0.507 e.